The molecule has 1 aromatic rings. The first-order valence-electron chi connectivity index (χ1n) is 11.6. The molecule has 1 saturated carbocycles. The van der Waals surface area contributed by atoms with Crippen molar-refractivity contribution in [3.8, 4) is 0 Å². The predicted octanol–water partition coefficient (Wildman–Crippen LogP) is 1.29. The minimum atomic E-state index is -2.46. The van der Waals surface area contributed by atoms with E-state index < -0.39 is 41.3 Å². The molecule has 0 radical (unpaired) electrons. The van der Waals surface area contributed by atoms with E-state index in [-0.39, 0.29) is 13.0 Å². The van der Waals surface area contributed by atoms with Gasteiger partial charge in [0.1, 0.15) is 12.1 Å². The van der Waals surface area contributed by atoms with Gasteiger partial charge >= 0.3 is 11.9 Å². The third kappa shape index (κ3) is 5.81. The molecular formula is C23H32N3O6S-. The van der Waals surface area contributed by atoms with Gasteiger partial charge in [0, 0.05) is 36.9 Å². The molecule has 3 fully saturated rings. The van der Waals surface area contributed by atoms with E-state index >= 15 is 0 Å². The van der Waals surface area contributed by atoms with Crippen molar-refractivity contribution in [1.82, 2.24) is 14.5 Å². The Morgan fingerprint density at radius 3 is 2.52 bits per heavy atom. The molecule has 182 valence electrons. The molecule has 2 saturated heterocycles. The number of rotatable bonds is 8. The van der Waals surface area contributed by atoms with Crippen molar-refractivity contribution in [2.24, 2.45) is 17.8 Å². The summed E-state index contributed by atoms with van der Waals surface area (Å²) in [6.45, 7) is 1.94. The Kier molecular flexibility index (Phi) is 7.80. The van der Waals surface area contributed by atoms with Gasteiger partial charge in [0.15, 0.2) is 0 Å². The maximum atomic E-state index is 12.0. The summed E-state index contributed by atoms with van der Waals surface area (Å²) >= 11 is -2.46. The first-order chi connectivity index (χ1) is 15.8. The molecule has 3 aliphatic rings. The third-order valence-corrected chi connectivity index (χ3v) is 8.46. The summed E-state index contributed by atoms with van der Waals surface area (Å²) in [5.74, 6) is -0.637. The molecule has 0 amide bonds. The number of carboxylic acids is 2. The van der Waals surface area contributed by atoms with Crippen molar-refractivity contribution in [3.05, 3.63) is 35.9 Å². The van der Waals surface area contributed by atoms with E-state index in [4.69, 9.17) is 0 Å². The number of carbonyl (C=O) groups is 2. The lowest BCUT2D eigenvalue weighted by Crippen LogP contribution is -2.50. The number of benzene rings is 1. The first kappa shape index (κ1) is 24.3. The molecule has 2 aliphatic heterocycles. The van der Waals surface area contributed by atoms with E-state index in [2.05, 4.69) is 5.32 Å². The summed E-state index contributed by atoms with van der Waals surface area (Å²) in [4.78, 5) is 25.3. The molecular weight excluding hydrogens is 446 g/mol. The summed E-state index contributed by atoms with van der Waals surface area (Å²) < 4.78 is 25.4. The third-order valence-electron chi connectivity index (χ3n) is 7.65. The van der Waals surface area contributed by atoms with E-state index in [0.717, 1.165) is 31.4 Å². The zero-order valence-corrected chi connectivity index (χ0v) is 19.4. The van der Waals surface area contributed by atoms with Crippen molar-refractivity contribution in [1.29, 1.82) is 0 Å². The normalized spacial score (nSPS) is 33.5. The lowest BCUT2D eigenvalue weighted by Gasteiger charge is -2.42. The van der Waals surface area contributed by atoms with Crippen molar-refractivity contribution in [2.75, 3.05) is 19.6 Å². The van der Waals surface area contributed by atoms with Gasteiger partial charge in [-0.25, -0.2) is 4.31 Å². The van der Waals surface area contributed by atoms with Gasteiger partial charge in [-0.05, 0) is 62.0 Å². The number of hydrogen-bond acceptors (Lipinski definition) is 6. The van der Waals surface area contributed by atoms with Crippen LogP contribution in [0.15, 0.2) is 30.3 Å². The number of aliphatic carboxylic acids is 2. The molecule has 4 unspecified atom stereocenters. The molecule has 33 heavy (non-hydrogen) atoms. The van der Waals surface area contributed by atoms with E-state index in [0.29, 0.717) is 37.3 Å². The highest BCUT2D eigenvalue weighted by Gasteiger charge is 2.43. The number of hydrogen-bond donors (Lipinski definition) is 3. The molecule has 7 atom stereocenters. The van der Waals surface area contributed by atoms with Crippen LogP contribution in [0.5, 0.6) is 0 Å². The molecule has 0 aromatic heterocycles. The molecule has 3 N–H and O–H groups in total. The second-order valence-corrected chi connectivity index (χ2v) is 10.6. The van der Waals surface area contributed by atoms with Crippen LogP contribution in [-0.4, -0.2) is 77.9 Å². The fourth-order valence-electron chi connectivity index (χ4n) is 5.96. The van der Waals surface area contributed by atoms with Crippen LogP contribution in [0, 0.1) is 17.8 Å². The minimum absolute atomic E-state index is 0.221. The first-order valence-corrected chi connectivity index (χ1v) is 12.7. The van der Waals surface area contributed by atoms with Crippen LogP contribution in [0.3, 0.4) is 0 Å². The van der Waals surface area contributed by atoms with Crippen LogP contribution in [0.1, 0.15) is 37.7 Å². The lowest BCUT2D eigenvalue weighted by atomic mass is 9.69. The van der Waals surface area contributed by atoms with E-state index in [1.54, 1.807) is 0 Å². The maximum absolute atomic E-state index is 12.0. The summed E-state index contributed by atoms with van der Waals surface area (Å²) in [6, 6.07) is 7.70. The smallest absolute Gasteiger partial charge is 0.320 e. The molecule has 1 aliphatic carbocycles. The van der Waals surface area contributed by atoms with Crippen LogP contribution in [-0.2, 0) is 27.4 Å². The monoisotopic (exact) mass is 478 g/mol. The van der Waals surface area contributed by atoms with Gasteiger partial charge in [-0.1, -0.05) is 30.3 Å². The fraction of sp³-hybridized carbons (Fsp3) is 0.652. The standard InChI is InChI=1S/C23H33N3O6S/c27-22(28)20-9-18-8-16(6-7-17(18)11-24-20)12-25-14-19(10-21(25)23(29)30)26(33(31)32)13-15-4-2-1-3-5-15/h1-5,16-21,24H,6-14H2,(H,27,28)(H,29,30)(H,31,32)/p-1/t16-,17?,18?,19?,20-,21-/m0/s1. The SMILES string of the molecule is O=C(O)[C@@H]1CC2C[C@@H](CN3CC(N(Cc4ccccc4)S(=O)[O-])C[C@H]3C(=O)O)CCC2CN1. The number of nitrogens with one attached hydrogen (secondary N) is 1. The predicted molar refractivity (Wildman–Crippen MR) is 121 cm³/mol. The van der Waals surface area contributed by atoms with Crippen LogP contribution < -0.4 is 5.32 Å². The molecule has 2 heterocycles. The van der Waals surface area contributed by atoms with E-state index in [1.807, 2.05) is 35.2 Å². The maximum Gasteiger partial charge on any atom is 0.320 e. The molecule has 10 heteroatoms. The van der Waals surface area contributed by atoms with Crippen LogP contribution in [0.4, 0.5) is 0 Å². The number of piperidine rings is 1. The van der Waals surface area contributed by atoms with Gasteiger partial charge in [-0.15, -0.1) is 0 Å². The van der Waals surface area contributed by atoms with Crippen LogP contribution in [0.2, 0.25) is 0 Å². The largest absolute Gasteiger partial charge is 0.760 e. The van der Waals surface area contributed by atoms with Crippen LogP contribution in [0.25, 0.3) is 0 Å². The van der Waals surface area contributed by atoms with Gasteiger partial charge in [0.05, 0.1) is 0 Å². The number of nitrogens with zero attached hydrogens (tertiary/aromatic N) is 2. The summed E-state index contributed by atoms with van der Waals surface area (Å²) in [6.07, 6.45) is 3.76. The quantitative estimate of drug-likeness (QED) is 0.476. The Labute approximate surface area is 196 Å². The number of fused-ring (bicyclic) bond motifs is 1. The highest BCUT2D eigenvalue weighted by atomic mass is 32.2. The van der Waals surface area contributed by atoms with Crippen molar-refractivity contribution in [2.45, 2.75) is 56.8 Å². The van der Waals surface area contributed by atoms with Gasteiger partial charge < -0.3 is 20.1 Å². The molecule has 0 spiro atoms. The van der Waals surface area contributed by atoms with Crippen LogP contribution >= 0.6 is 0 Å². The molecule has 0 bridgehead atoms. The fourth-order valence-corrected chi connectivity index (χ4v) is 6.61. The Morgan fingerprint density at radius 2 is 1.85 bits per heavy atom. The minimum Gasteiger partial charge on any atom is -0.760 e. The highest BCUT2D eigenvalue weighted by molar-refractivity contribution is 7.76. The molecule has 1 aromatic carbocycles. The van der Waals surface area contributed by atoms with Gasteiger partial charge in [-0.3, -0.25) is 18.7 Å². The topological polar surface area (TPSA) is 133 Å². The Bertz CT molecular complexity index is 871. The lowest BCUT2D eigenvalue weighted by molar-refractivity contribution is -0.143. The summed E-state index contributed by atoms with van der Waals surface area (Å²) in [5, 5.41) is 22.3. The average molecular weight is 479 g/mol. The second-order valence-electron chi connectivity index (χ2n) is 9.71. The Morgan fingerprint density at radius 1 is 1.09 bits per heavy atom. The van der Waals surface area contributed by atoms with Crippen molar-refractivity contribution < 1.29 is 28.6 Å². The second kappa shape index (κ2) is 10.6. The summed E-state index contributed by atoms with van der Waals surface area (Å²) in [7, 11) is 0. The van der Waals surface area contributed by atoms with E-state index in [9.17, 15) is 28.6 Å². The van der Waals surface area contributed by atoms with Gasteiger partial charge in [0.2, 0.25) is 0 Å². The highest BCUT2D eigenvalue weighted by Crippen LogP contribution is 2.40. The Hall–Kier alpha value is -1.85. The van der Waals surface area contributed by atoms with Gasteiger partial charge in [0.25, 0.3) is 0 Å². The molecule has 9 nitrogen and oxygen atoms in total. The number of carboxylic acid groups (broad SMARTS) is 2. The summed E-state index contributed by atoms with van der Waals surface area (Å²) in [5.41, 5.74) is 0.865. The molecule has 4 rings (SSSR count). The zero-order chi connectivity index (χ0) is 23.5. The average Bonchev–Trinajstić information content (AvgIpc) is 3.21. The Balaban J connectivity index is 1.41. The van der Waals surface area contributed by atoms with E-state index in [1.165, 1.54) is 4.31 Å². The number of likely N-dealkylation sites (tertiary alicyclic amines) is 1. The zero-order valence-electron chi connectivity index (χ0n) is 18.5. The van der Waals surface area contributed by atoms with Crippen molar-refractivity contribution in [3.63, 3.8) is 0 Å². The van der Waals surface area contributed by atoms with Gasteiger partial charge in [-0.2, -0.15) is 0 Å². The van der Waals surface area contributed by atoms with Crippen molar-refractivity contribution >= 4 is 23.2 Å².